The van der Waals surface area contributed by atoms with E-state index in [0.717, 1.165) is 25.7 Å². The van der Waals surface area contributed by atoms with Gasteiger partial charge in [0, 0.05) is 6.04 Å². The van der Waals surface area contributed by atoms with Crippen molar-refractivity contribution in [3.63, 3.8) is 0 Å². The molecule has 0 heterocycles. The van der Waals surface area contributed by atoms with E-state index in [4.69, 9.17) is 5.73 Å². The molecule has 1 nitrogen and oxygen atoms in total. The van der Waals surface area contributed by atoms with Crippen LogP contribution in [0.5, 0.6) is 0 Å². The molecule has 10 heavy (non-hydrogen) atoms. The molecule has 1 unspecified atom stereocenters. The van der Waals surface area contributed by atoms with Crippen LogP contribution in [-0.4, -0.2) is 11.7 Å². The van der Waals surface area contributed by atoms with Crippen molar-refractivity contribution in [3.05, 3.63) is 0 Å². The standard InChI is InChI=1S/C8H16FN/c1-2-3-7(10)6-8(9)4-5-8/h7H,2-6,10H2,1H3. The molecule has 1 atom stereocenters. The van der Waals surface area contributed by atoms with Gasteiger partial charge in [-0.1, -0.05) is 13.3 Å². The first-order valence-electron chi connectivity index (χ1n) is 4.11. The molecule has 0 aromatic rings. The maximum Gasteiger partial charge on any atom is 0.112 e. The van der Waals surface area contributed by atoms with Gasteiger partial charge in [0.2, 0.25) is 0 Å². The average Bonchev–Trinajstić information content (AvgIpc) is 2.48. The molecule has 0 aromatic carbocycles. The Morgan fingerprint density at radius 1 is 1.60 bits per heavy atom. The molecular weight excluding hydrogens is 129 g/mol. The fourth-order valence-electron chi connectivity index (χ4n) is 1.28. The molecule has 1 aliphatic rings. The number of alkyl halides is 1. The number of hydrogen-bond donors (Lipinski definition) is 1. The van der Waals surface area contributed by atoms with Crippen molar-refractivity contribution >= 4 is 0 Å². The number of halogens is 1. The van der Waals surface area contributed by atoms with Gasteiger partial charge in [-0.05, 0) is 25.7 Å². The minimum atomic E-state index is -0.853. The lowest BCUT2D eigenvalue weighted by Crippen LogP contribution is -2.24. The van der Waals surface area contributed by atoms with Gasteiger partial charge in [0.1, 0.15) is 5.67 Å². The molecule has 0 radical (unpaired) electrons. The monoisotopic (exact) mass is 145 g/mol. The van der Waals surface area contributed by atoms with Crippen molar-refractivity contribution in [1.82, 2.24) is 0 Å². The van der Waals surface area contributed by atoms with Crippen LogP contribution < -0.4 is 5.73 Å². The quantitative estimate of drug-likeness (QED) is 0.643. The molecular formula is C8H16FN. The smallest absolute Gasteiger partial charge is 0.112 e. The molecule has 1 saturated carbocycles. The lowest BCUT2D eigenvalue weighted by atomic mass is 10.1. The summed E-state index contributed by atoms with van der Waals surface area (Å²) in [5.74, 6) is 0. The summed E-state index contributed by atoms with van der Waals surface area (Å²) in [4.78, 5) is 0. The van der Waals surface area contributed by atoms with E-state index in [1.165, 1.54) is 0 Å². The van der Waals surface area contributed by atoms with Crippen molar-refractivity contribution in [1.29, 1.82) is 0 Å². The highest BCUT2D eigenvalue weighted by Gasteiger charge is 2.43. The van der Waals surface area contributed by atoms with Crippen molar-refractivity contribution in [2.45, 2.75) is 50.7 Å². The van der Waals surface area contributed by atoms with E-state index in [-0.39, 0.29) is 6.04 Å². The van der Waals surface area contributed by atoms with Gasteiger partial charge in [-0.3, -0.25) is 0 Å². The lowest BCUT2D eigenvalue weighted by molar-refractivity contribution is 0.266. The minimum Gasteiger partial charge on any atom is -0.328 e. The summed E-state index contributed by atoms with van der Waals surface area (Å²) in [6, 6.07) is 0.0949. The van der Waals surface area contributed by atoms with Gasteiger partial charge in [0.25, 0.3) is 0 Å². The normalized spacial score (nSPS) is 24.3. The maximum absolute atomic E-state index is 13.0. The minimum absolute atomic E-state index is 0.0949. The second-order valence-corrected chi connectivity index (χ2v) is 3.40. The van der Waals surface area contributed by atoms with E-state index in [1.807, 2.05) is 0 Å². The van der Waals surface area contributed by atoms with E-state index >= 15 is 0 Å². The van der Waals surface area contributed by atoms with Crippen molar-refractivity contribution in [2.75, 3.05) is 0 Å². The molecule has 1 rings (SSSR count). The van der Waals surface area contributed by atoms with Gasteiger partial charge in [0.05, 0.1) is 0 Å². The summed E-state index contributed by atoms with van der Waals surface area (Å²) in [6.07, 6.45) is 4.10. The third-order valence-corrected chi connectivity index (χ3v) is 2.08. The Balaban J connectivity index is 2.11. The van der Waals surface area contributed by atoms with Gasteiger partial charge in [0.15, 0.2) is 0 Å². The summed E-state index contributed by atoms with van der Waals surface area (Å²) in [7, 11) is 0. The van der Waals surface area contributed by atoms with Crippen molar-refractivity contribution in [3.8, 4) is 0 Å². The third kappa shape index (κ3) is 2.25. The van der Waals surface area contributed by atoms with E-state index in [9.17, 15) is 4.39 Å². The topological polar surface area (TPSA) is 26.0 Å². The van der Waals surface area contributed by atoms with Crippen molar-refractivity contribution < 1.29 is 4.39 Å². The Hall–Kier alpha value is -0.110. The SMILES string of the molecule is CCCC(N)CC1(F)CC1. The first-order valence-corrected chi connectivity index (χ1v) is 4.11. The van der Waals surface area contributed by atoms with E-state index in [1.54, 1.807) is 0 Å². The molecule has 60 valence electrons. The zero-order chi connectivity index (χ0) is 7.61. The Labute approximate surface area is 61.8 Å². The zero-order valence-electron chi connectivity index (χ0n) is 6.57. The van der Waals surface area contributed by atoms with Crippen LogP contribution in [0.1, 0.15) is 39.0 Å². The van der Waals surface area contributed by atoms with E-state index < -0.39 is 5.67 Å². The Morgan fingerprint density at radius 2 is 2.20 bits per heavy atom. The van der Waals surface area contributed by atoms with Gasteiger partial charge < -0.3 is 5.73 Å². The molecule has 1 fully saturated rings. The summed E-state index contributed by atoms with van der Waals surface area (Å²) in [5, 5.41) is 0. The zero-order valence-corrected chi connectivity index (χ0v) is 6.57. The first-order chi connectivity index (χ1) is 4.66. The van der Waals surface area contributed by atoms with Gasteiger partial charge >= 0.3 is 0 Å². The molecule has 0 spiro atoms. The predicted molar refractivity (Wildman–Crippen MR) is 40.6 cm³/mol. The lowest BCUT2D eigenvalue weighted by Gasteiger charge is -2.11. The fraction of sp³-hybridized carbons (Fsp3) is 1.00. The average molecular weight is 145 g/mol. The number of nitrogens with two attached hydrogens (primary N) is 1. The molecule has 0 saturated heterocycles. The molecule has 0 bridgehead atoms. The highest BCUT2D eigenvalue weighted by atomic mass is 19.1. The molecule has 1 aliphatic carbocycles. The molecule has 2 N–H and O–H groups in total. The molecule has 2 heteroatoms. The summed E-state index contributed by atoms with van der Waals surface area (Å²) in [5.41, 5.74) is 4.82. The predicted octanol–water partition coefficient (Wildman–Crippen LogP) is 2.01. The molecule has 0 amide bonds. The first kappa shape index (κ1) is 7.99. The van der Waals surface area contributed by atoms with Crippen LogP contribution in [0.4, 0.5) is 4.39 Å². The van der Waals surface area contributed by atoms with Gasteiger partial charge in [-0.25, -0.2) is 4.39 Å². The second-order valence-electron chi connectivity index (χ2n) is 3.40. The van der Waals surface area contributed by atoms with Gasteiger partial charge in [-0.15, -0.1) is 0 Å². The fourth-order valence-corrected chi connectivity index (χ4v) is 1.28. The molecule has 0 aliphatic heterocycles. The van der Waals surface area contributed by atoms with Crippen LogP contribution in [-0.2, 0) is 0 Å². The van der Waals surface area contributed by atoms with Crippen LogP contribution in [0.2, 0.25) is 0 Å². The van der Waals surface area contributed by atoms with Crippen LogP contribution in [0.25, 0.3) is 0 Å². The van der Waals surface area contributed by atoms with Crippen LogP contribution >= 0.6 is 0 Å². The van der Waals surface area contributed by atoms with E-state index in [0.29, 0.717) is 6.42 Å². The Kier molecular flexibility index (Phi) is 2.29. The Morgan fingerprint density at radius 3 is 2.60 bits per heavy atom. The third-order valence-electron chi connectivity index (χ3n) is 2.08. The van der Waals surface area contributed by atoms with Crippen LogP contribution in [0.15, 0.2) is 0 Å². The van der Waals surface area contributed by atoms with Gasteiger partial charge in [-0.2, -0.15) is 0 Å². The summed E-state index contributed by atoms with van der Waals surface area (Å²) >= 11 is 0. The number of rotatable bonds is 4. The maximum atomic E-state index is 13.0. The van der Waals surface area contributed by atoms with Crippen LogP contribution in [0, 0.1) is 0 Å². The van der Waals surface area contributed by atoms with Crippen molar-refractivity contribution in [2.24, 2.45) is 5.73 Å². The highest BCUT2D eigenvalue weighted by molar-refractivity contribution is 4.96. The van der Waals surface area contributed by atoms with Crippen LogP contribution in [0.3, 0.4) is 0 Å². The number of hydrogen-bond acceptors (Lipinski definition) is 1. The highest BCUT2D eigenvalue weighted by Crippen LogP contribution is 2.43. The Bertz CT molecular complexity index is 110. The van der Waals surface area contributed by atoms with E-state index in [2.05, 4.69) is 6.92 Å². The second kappa shape index (κ2) is 2.87. The largest absolute Gasteiger partial charge is 0.328 e. The summed E-state index contributed by atoms with van der Waals surface area (Å²) in [6.45, 7) is 2.08. The molecule has 0 aromatic heterocycles. The summed E-state index contributed by atoms with van der Waals surface area (Å²) < 4.78 is 13.0.